The van der Waals surface area contributed by atoms with Crippen LogP contribution < -0.4 is 5.32 Å². The Balaban J connectivity index is 2.65. The van der Waals surface area contributed by atoms with Crippen LogP contribution in [0.15, 0.2) is 0 Å². The molecule has 5 heteroatoms. The van der Waals surface area contributed by atoms with Gasteiger partial charge in [0.1, 0.15) is 0 Å². The van der Waals surface area contributed by atoms with Crippen LogP contribution in [0, 0.1) is 16.7 Å². The molecule has 1 saturated heterocycles. The van der Waals surface area contributed by atoms with Gasteiger partial charge in [-0.2, -0.15) is 5.26 Å². The summed E-state index contributed by atoms with van der Waals surface area (Å²) < 4.78 is 0. The van der Waals surface area contributed by atoms with Crippen molar-refractivity contribution in [1.82, 2.24) is 10.2 Å². The fourth-order valence-electron chi connectivity index (χ4n) is 1.71. The third kappa shape index (κ3) is 3.27. The number of nitriles is 1. The van der Waals surface area contributed by atoms with E-state index >= 15 is 0 Å². The van der Waals surface area contributed by atoms with E-state index in [0.717, 1.165) is 0 Å². The van der Waals surface area contributed by atoms with Crippen molar-refractivity contribution in [3.05, 3.63) is 0 Å². The van der Waals surface area contributed by atoms with Crippen molar-refractivity contribution in [3.8, 4) is 6.07 Å². The summed E-state index contributed by atoms with van der Waals surface area (Å²) in [5.41, 5.74) is -0.507. The van der Waals surface area contributed by atoms with Crippen LogP contribution in [-0.2, 0) is 9.59 Å². The standard InChI is InChI=1S/C12H19N3O2/c1-4-9-11(17)15(10(16)7-14-9)6-5-12(2,3)8-13/h9,14H,4-7H2,1-3H3. The average molecular weight is 237 g/mol. The predicted octanol–water partition coefficient (Wildman–Crippen LogP) is 0.663. The van der Waals surface area contributed by atoms with E-state index in [1.807, 2.05) is 6.92 Å². The molecule has 0 saturated carbocycles. The molecule has 0 bridgehead atoms. The van der Waals surface area contributed by atoms with Crippen LogP contribution in [0.25, 0.3) is 0 Å². The minimum Gasteiger partial charge on any atom is -0.297 e. The molecular weight excluding hydrogens is 218 g/mol. The first-order chi connectivity index (χ1) is 7.91. The van der Waals surface area contributed by atoms with Crippen LogP contribution in [-0.4, -0.2) is 35.8 Å². The lowest BCUT2D eigenvalue weighted by Crippen LogP contribution is -2.58. The highest BCUT2D eigenvalue weighted by Crippen LogP contribution is 2.20. The number of hydrogen-bond donors (Lipinski definition) is 1. The molecular formula is C12H19N3O2. The van der Waals surface area contributed by atoms with E-state index in [4.69, 9.17) is 5.26 Å². The Kier molecular flexibility index (Phi) is 4.24. The first-order valence-corrected chi connectivity index (χ1v) is 5.90. The highest BCUT2D eigenvalue weighted by molar-refractivity contribution is 6.01. The van der Waals surface area contributed by atoms with Gasteiger partial charge in [0, 0.05) is 6.54 Å². The summed E-state index contributed by atoms with van der Waals surface area (Å²) in [4.78, 5) is 24.8. The van der Waals surface area contributed by atoms with E-state index in [2.05, 4.69) is 11.4 Å². The second-order valence-electron chi connectivity index (χ2n) is 4.97. The summed E-state index contributed by atoms with van der Waals surface area (Å²) in [6, 6.07) is 1.91. The quantitative estimate of drug-likeness (QED) is 0.729. The fourth-order valence-corrected chi connectivity index (χ4v) is 1.71. The van der Waals surface area contributed by atoms with E-state index < -0.39 is 5.41 Å². The van der Waals surface area contributed by atoms with Gasteiger partial charge in [-0.15, -0.1) is 0 Å². The molecule has 1 N–H and O–H groups in total. The van der Waals surface area contributed by atoms with Gasteiger partial charge in [0.25, 0.3) is 0 Å². The van der Waals surface area contributed by atoms with Crippen molar-refractivity contribution >= 4 is 11.8 Å². The Labute approximate surface area is 102 Å². The molecule has 1 aliphatic heterocycles. The van der Waals surface area contributed by atoms with Crippen LogP contribution in [0.4, 0.5) is 0 Å². The second kappa shape index (κ2) is 5.28. The Morgan fingerprint density at radius 2 is 2.18 bits per heavy atom. The number of amides is 2. The van der Waals surface area contributed by atoms with Crippen molar-refractivity contribution in [1.29, 1.82) is 5.26 Å². The van der Waals surface area contributed by atoms with E-state index in [1.165, 1.54) is 4.90 Å². The van der Waals surface area contributed by atoms with E-state index in [1.54, 1.807) is 13.8 Å². The maximum Gasteiger partial charge on any atom is 0.246 e. The summed E-state index contributed by atoms with van der Waals surface area (Å²) in [5, 5.41) is 11.8. The van der Waals surface area contributed by atoms with Gasteiger partial charge < -0.3 is 0 Å². The minimum absolute atomic E-state index is 0.169. The van der Waals surface area contributed by atoms with Gasteiger partial charge in [-0.05, 0) is 26.7 Å². The SMILES string of the molecule is CCC1NCC(=O)N(CCC(C)(C)C#N)C1=O. The molecule has 1 rings (SSSR count). The summed E-state index contributed by atoms with van der Waals surface area (Å²) >= 11 is 0. The molecule has 5 nitrogen and oxygen atoms in total. The zero-order valence-electron chi connectivity index (χ0n) is 10.6. The molecule has 0 spiro atoms. The third-order valence-corrected chi connectivity index (χ3v) is 3.04. The zero-order chi connectivity index (χ0) is 13.1. The largest absolute Gasteiger partial charge is 0.297 e. The Hall–Kier alpha value is -1.41. The van der Waals surface area contributed by atoms with Crippen LogP contribution in [0.2, 0.25) is 0 Å². The van der Waals surface area contributed by atoms with Gasteiger partial charge in [0.05, 0.1) is 24.1 Å². The topological polar surface area (TPSA) is 73.2 Å². The van der Waals surface area contributed by atoms with Crippen LogP contribution in [0.1, 0.15) is 33.6 Å². The third-order valence-electron chi connectivity index (χ3n) is 3.04. The van der Waals surface area contributed by atoms with Crippen molar-refractivity contribution in [2.24, 2.45) is 5.41 Å². The van der Waals surface area contributed by atoms with Crippen LogP contribution in [0.3, 0.4) is 0 Å². The van der Waals surface area contributed by atoms with Crippen molar-refractivity contribution < 1.29 is 9.59 Å². The van der Waals surface area contributed by atoms with Gasteiger partial charge in [-0.25, -0.2) is 0 Å². The molecule has 0 radical (unpaired) electrons. The highest BCUT2D eigenvalue weighted by atomic mass is 16.2. The first kappa shape index (κ1) is 13.7. The van der Waals surface area contributed by atoms with E-state index in [0.29, 0.717) is 19.4 Å². The van der Waals surface area contributed by atoms with Gasteiger partial charge in [-0.3, -0.25) is 19.8 Å². The minimum atomic E-state index is -0.507. The second-order valence-corrected chi connectivity index (χ2v) is 4.97. The average Bonchev–Trinajstić information content (AvgIpc) is 2.29. The zero-order valence-corrected chi connectivity index (χ0v) is 10.6. The smallest absolute Gasteiger partial charge is 0.246 e. The molecule has 1 unspecified atom stereocenters. The normalized spacial score (nSPS) is 21.5. The number of nitrogens with zero attached hydrogens (tertiary/aromatic N) is 2. The maximum absolute atomic E-state index is 11.9. The highest BCUT2D eigenvalue weighted by Gasteiger charge is 2.33. The molecule has 17 heavy (non-hydrogen) atoms. The van der Waals surface area contributed by atoms with Crippen molar-refractivity contribution in [3.63, 3.8) is 0 Å². The molecule has 1 heterocycles. The molecule has 2 amide bonds. The number of nitrogens with one attached hydrogen (secondary N) is 1. The number of carbonyl (C=O) groups is 2. The molecule has 1 atom stereocenters. The van der Waals surface area contributed by atoms with E-state index in [9.17, 15) is 9.59 Å². The molecule has 0 aromatic heterocycles. The summed E-state index contributed by atoms with van der Waals surface area (Å²) in [6.07, 6.45) is 1.18. The van der Waals surface area contributed by atoms with Crippen molar-refractivity contribution in [2.75, 3.05) is 13.1 Å². The summed E-state index contributed by atoms with van der Waals surface area (Å²) in [5.74, 6) is -0.370. The number of imide groups is 1. The molecule has 1 aliphatic rings. The van der Waals surface area contributed by atoms with Crippen LogP contribution >= 0.6 is 0 Å². The van der Waals surface area contributed by atoms with Crippen LogP contribution in [0.5, 0.6) is 0 Å². The molecule has 1 fully saturated rings. The summed E-state index contributed by atoms with van der Waals surface area (Å²) in [6.45, 7) is 6.05. The molecule has 0 aromatic carbocycles. The Morgan fingerprint density at radius 1 is 1.53 bits per heavy atom. The number of hydrogen-bond acceptors (Lipinski definition) is 4. The summed E-state index contributed by atoms with van der Waals surface area (Å²) in [7, 11) is 0. The number of piperazine rings is 1. The monoisotopic (exact) mass is 237 g/mol. The van der Waals surface area contributed by atoms with Gasteiger partial charge >= 0.3 is 0 Å². The van der Waals surface area contributed by atoms with Gasteiger partial charge in [0.15, 0.2) is 0 Å². The van der Waals surface area contributed by atoms with Crippen molar-refractivity contribution in [2.45, 2.75) is 39.7 Å². The van der Waals surface area contributed by atoms with Gasteiger partial charge in [0.2, 0.25) is 11.8 Å². The van der Waals surface area contributed by atoms with E-state index in [-0.39, 0.29) is 24.4 Å². The first-order valence-electron chi connectivity index (χ1n) is 5.90. The molecule has 0 aliphatic carbocycles. The Bertz CT molecular complexity index is 357. The lowest BCUT2D eigenvalue weighted by atomic mass is 9.91. The molecule has 94 valence electrons. The predicted molar refractivity (Wildman–Crippen MR) is 62.8 cm³/mol. The molecule has 0 aromatic rings. The lowest BCUT2D eigenvalue weighted by Gasteiger charge is -2.32. The fraction of sp³-hybridized carbons (Fsp3) is 0.750. The number of rotatable bonds is 4. The maximum atomic E-state index is 11.9. The lowest BCUT2D eigenvalue weighted by molar-refractivity contribution is -0.149. The van der Waals surface area contributed by atoms with Gasteiger partial charge in [-0.1, -0.05) is 6.92 Å². The number of carbonyl (C=O) groups excluding carboxylic acids is 2. The Morgan fingerprint density at radius 3 is 2.71 bits per heavy atom.